The Bertz CT molecular complexity index is 868. The van der Waals surface area contributed by atoms with Crippen LogP contribution < -0.4 is 10.9 Å². The number of rotatable bonds is 3. The summed E-state index contributed by atoms with van der Waals surface area (Å²) in [6, 6.07) is 7.11. The standard InChI is InChI=1S/C21H23N3O2/c25-19-17(1-2-18(23-19)16-3-5-22-6-4-16)20(26)24-21-10-13-7-14(11-21)9-15(8-13)12-21/h1-6,13-15H,7-12H2,(H,23,25)(H,24,26). The first-order valence-corrected chi connectivity index (χ1v) is 9.56. The van der Waals surface area contributed by atoms with Gasteiger partial charge < -0.3 is 10.3 Å². The van der Waals surface area contributed by atoms with Gasteiger partial charge in [-0.05, 0) is 80.5 Å². The van der Waals surface area contributed by atoms with Gasteiger partial charge in [0.25, 0.3) is 11.5 Å². The highest BCUT2D eigenvalue weighted by Crippen LogP contribution is 2.55. The van der Waals surface area contributed by atoms with Gasteiger partial charge in [0.05, 0.1) is 0 Å². The molecule has 2 heterocycles. The second kappa shape index (κ2) is 5.79. The Morgan fingerprint density at radius 2 is 1.62 bits per heavy atom. The van der Waals surface area contributed by atoms with Crippen molar-refractivity contribution in [3.63, 3.8) is 0 Å². The maximum absolute atomic E-state index is 12.9. The molecule has 0 aromatic carbocycles. The maximum Gasteiger partial charge on any atom is 0.261 e. The lowest BCUT2D eigenvalue weighted by atomic mass is 9.53. The summed E-state index contributed by atoms with van der Waals surface area (Å²) in [7, 11) is 0. The van der Waals surface area contributed by atoms with Crippen LogP contribution in [0.15, 0.2) is 41.5 Å². The van der Waals surface area contributed by atoms with E-state index in [4.69, 9.17) is 0 Å². The minimum Gasteiger partial charge on any atom is -0.346 e. The van der Waals surface area contributed by atoms with Gasteiger partial charge in [-0.25, -0.2) is 0 Å². The van der Waals surface area contributed by atoms with E-state index in [0.29, 0.717) is 5.69 Å². The molecule has 2 N–H and O–H groups in total. The molecule has 6 rings (SSSR count). The number of aromatic nitrogens is 2. The highest BCUT2D eigenvalue weighted by atomic mass is 16.2. The summed E-state index contributed by atoms with van der Waals surface area (Å²) < 4.78 is 0. The van der Waals surface area contributed by atoms with Gasteiger partial charge in [0.2, 0.25) is 0 Å². The zero-order valence-corrected chi connectivity index (χ0v) is 14.7. The predicted molar refractivity (Wildman–Crippen MR) is 98.7 cm³/mol. The Morgan fingerprint density at radius 1 is 1.00 bits per heavy atom. The fourth-order valence-corrected chi connectivity index (χ4v) is 5.92. The van der Waals surface area contributed by atoms with Crippen LogP contribution in [0, 0.1) is 17.8 Å². The maximum atomic E-state index is 12.9. The van der Waals surface area contributed by atoms with Crippen molar-refractivity contribution in [1.29, 1.82) is 0 Å². The van der Waals surface area contributed by atoms with Crippen LogP contribution in [0.3, 0.4) is 0 Å². The first-order chi connectivity index (χ1) is 12.6. The molecule has 0 atom stereocenters. The molecule has 4 aliphatic carbocycles. The van der Waals surface area contributed by atoms with E-state index in [1.54, 1.807) is 24.5 Å². The Kier molecular flexibility index (Phi) is 3.52. The van der Waals surface area contributed by atoms with Crippen LogP contribution in [0.2, 0.25) is 0 Å². The molecule has 4 saturated carbocycles. The molecule has 4 fully saturated rings. The van der Waals surface area contributed by atoms with E-state index in [2.05, 4.69) is 15.3 Å². The van der Waals surface area contributed by atoms with Crippen LogP contribution in [0.25, 0.3) is 11.3 Å². The van der Waals surface area contributed by atoms with E-state index >= 15 is 0 Å². The van der Waals surface area contributed by atoms with Gasteiger partial charge in [-0.1, -0.05) is 0 Å². The van der Waals surface area contributed by atoms with Crippen LogP contribution in [-0.2, 0) is 0 Å². The zero-order chi connectivity index (χ0) is 17.7. The van der Waals surface area contributed by atoms with Crippen molar-refractivity contribution in [2.24, 2.45) is 17.8 Å². The van der Waals surface area contributed by atoms with Crippen molar-refractivity contribution in [2.45, 2.75) is 44.1 Å². The predicted octanol–water partition coefficient (Wildman–Crippen LogP) is 3.14. The molecular weight excluding hydrogens is 326 g/mol. The molecule has 0 unspecified atom stereocenters. The van der Waals surface area contributed by atoms with Crippen molar-refractivity contribution in [3.8, 4) is 11.3 Å². The topological polar surface area (TPSA) is 74.8 Å². The molecule has 0 spiro atoms. The number of carbonyl (C=O) groups excluding carboxylic acids is 1. The molecule has 5 nitrogen and oxygen atoms in total. The SMILES string of the molecule is O=C(NC12CC3CC(CC(C3)C1)C2)c1ccc(-c2ccncc2)[nH]c1=O. The average molecular weight is 349 g/mol. The first kappa shape index (κ1) is 15.8. The molecule has 4 bridgehead atoms. The molecule has 4 aliphatic rings. The molecule has 0 radical (unpaired) electrons. The van der Waals surface area contributed by atoms with Crippen molar-refractivity contribution in [2.75, 3.05) is 0 Å². The van der Waals surface area contributed by atoms with E-state index < -0.39 is 0 Å². The number of H-pyrrole nitrogens is 1. The molecule has 2 aromatic heterocycles. The summed E-state index contributed by atoms with van der Waals surface area (Å²) in [6.07, 6.45) is 10.6. The molecule has 0 saturated heterocycles. The Balaban J connectivity index is 1.39. The van der Waals surface area contributed by atoms with Crippen LogP contribution in [0.1, 0.15) is 48.9 Å². The average Bonchev–Trinajstić information content (AvgIpc) is 2.60. The van der Waals surface area contributed by atoms with Gasteiger partial charge in [-0.15, -0.1) is 0 Å². The normalized spacial score (nSPS) is 31.8. The van der Waals surface area contributed by atoms with E-state index in [0.717, 1.165) is 42.6 Å². The molecule has 5 heteroatoms. The highest BCUT2D eigenvalue weighted by molar-refractivity contribution is 5.94. The van der Waals surface area contributed by atoms with Crippen molar-refractivity contribution in [1.82, 2.24) is 15.3 Å². The molecule has 0 aliphatic heterocycles. The number of nitrogens with zero attached hydrogens (tertiary/aromatic N) is 1. The summed E-state index contributed by atoms with van der Waals surface area (Å²) in [4.78, 5) is 32.2. The summed E-state index contributed by atoms with van der Waals surface area (Å²) >= 11 is 0. The monoisotopic (exact) mass is 349 g/mol. The van der Waals surface area contributed by atoms with Gasteiger partial charge >= 0.3 is 0 Å². The van der Waals surface area contributed by atoms with Gasteiger partial charge in [0.15, 0.2) is 0 Å². The number of amides is 1. The van der Waals surface area contributed by atoms with Gasteiger partial charge in [-0.3, -0.25) is 14.6 Å². The van der Waals surface area contributed by atoms with Crippen LogP contribution in [-0.4, -0.2) is 21.4 Å². The fraction of sp³-hybridized carbons (Fsp3) is 0.476. The van der Waals surface area contributed by atoms with Crippen molar-refractivity contribution < 1.29 is 4.79 Å². The first-order valence-electron chi connectivity index (χ1n) is 9.56. The quantitative estimate of drug-likeness (QED) is 0.894. The van der Waals surface area contributed by atoms with Crippen molar-refractivity contribution in [3.05, 3.63) is 52.6 Å². The van der Waals surface area contributed by atoms with Crippen LogP contribution in [0.5, 0.6) is 0 Å². The smallest absolute Gasteiger partial charge is 0.261 e. The van der Waals surface area contributed by atoms with Crippen LogP contribution >= 0.6 is 0 Å². The third kappa shape index (κ3) is 2.66. The van der Waals surface area contributed by atoms with E-state index in [1.165, 1.54) is 19.3 Å². The summed E-state index contributed by atoms with van der Waals surface area (Å²) in [6.45, 7) is 0. The van der Waals surface area contributed by atoms with Gasteiger partial charge in [-0.2, -0.15) is 0 Å². The van der Waals surface area contributed by atoms with Crippen LogP contribution in [0.4, 0.5) is 0 Å². The summed E-state index contributed by atoms with van der Waals surface area (Å²) in [5.41, 5.74) is 1.37. The lowest BCUT2D eigenvalue weighted by Crippen LogP contribution is -2.60. The number of pyridine rings is 2. The third-order valence-electron chi connectivity index (χ3n) is 6.56. The lowest BCUT2D eigenvalue weighted by Gasteiger charge is -2.56. The summed E-state index contributed by atoms with van der Waals surface area (Å²) in [5, 5.41) is 3.27. The second-order valence-electron chi connectivity index (χ2n) is 8.50. The van der Waals surface area contributed by atoms with Gasteiger partial charge in [0, 0.05) is 29.2 Å². The third-order valence-corrected chi connectivity index (χ3v) is 6.56. The number of carbonyl (C=O) groups is 1. The van der Waals surface area contributed by atoms with E-state index in [-0.39, 0.29) is 22.6 Å². The summed E-state index contributed by atoms with van der Waals surface area (Å²) in [5.74, 6) is 2.05. The number of aromatic amines is 1. The molecule has 134 valence electrons. The number of nitrogens with one attached hydrogen (secondary N) is 2. The Labute approximate surface area is 152 Å². The number of hydrogen-bond acceptors (Lipinski definition) is 3. The van der Waals surface area contributed by atoms with E-state index in [9.17, 15) is 9.59 Å². The fourth-order valence-electron chi connectivity index (χ4n) is 5.92. The minimum absolute atomic E-state index is 0.0813. The Morgan fingerprint density at radius 3 is 2.19 bits per heavy atom. The van der Waals surface area contributed by atoms with Gasteiger partial charge in [0.1, 0.15) is 5.56 Å². The van der Waals surface area contributed by atoms with Crippen molar-refractivity contribution >= 4 is 5.91 Å². The minimum atomic E-state index is -0.332. The molecule has 26 heavy (non-hydrogen) atoms. The number of hydrogen-bond donors (Lipinski definition) is 2. The van der Waals surface area contributed by atoms with E-state index in [1.807, 2.05) is 12.1 Å². The largest absolute Gasteiger partial charge is 0.346 e. The second-order valence-corrected chi connectivity index (χ2v) is 8.50. The molecular formula is C21H23N3O2. The molecule has 2 aromatic rings. The highest BCUT2D eigenvalue weighted by Gasteiger charge is 2.51. The Hall–Kier alpha value is -2.43. The lowest BCUT2D eigenvalue weighted by molar-refractivity contribution is -0.0167. The molecule has 1 amide bonds. The zero-order valence-electron chi connectivity index (χ0n) is 14.7.